The molecule has 19 heavy (non-hydrogen) atoms. The van der Waals surface area contributed by atoms with E-state index in [1.807, 2.05) is 6.92 Å². The van der Waals surface area contributed by atoms with Crippen molar-refractivity contribution in [1.29, 1.82) is 0 Å². The minimum atomic E-state index is -3.57. The second kappa shape index (κ2) is 7.21. The average Bonchev–Trinajstić information content (AvgIpc) is 2.36. The Kier molecular flexibility index (Phi) is 6.22. The molecule has 0 radical (unpaired) electrons. The fraction of sp³-hybridized carbons (Fsp3) is 0.917. The van der Waals surface area contributed by atoms with Crippen LogP contribution in [0.15, 0.2) is 0 Å². The summed E-state index contributed by atoms with van der Waals surface area (Å²) in [6, 6.07) is -0.00463. The summed E-state index contributed by atoms with van der Waals surface area (Å²) in [4.78, 5) is 11.5. The van der Waals surface area contributed by atoms with E-state index >= 15 is 0 Å². The molecule has 7 heteroatoms. The second-order valence-electron chi connectivity index (χ2n) is 4.69. The molecule has 1 atom stereocenters. The van der Waals surface area contributed by atoms with Crippen molar-refractivity contribution >= 4 is 16.2 Å². The number of nitrogens with zero attached hydrogens (tertiary/aromatic N) is 2. The van der Waals surface area contributed by atoms with Gasteiger partial charge < -0.3 is 4.74 Å². The van der Waals surface area contributed by atoms with E-state index in [2.05, 4.69) is 0 Å². The van der Waals surface area contributed by atoms with Crippen LogP contribution in [-0.2, 0) is 19.7 Å². The van der Waals surface area contributed by atoms with Crippen LogP contribution in [-0.4, -0.2) is 55.3 Å². The van der Waals surface area contributed by atoms with Gasteiger partial charge in [0.1, 0.15) is 6.54 Å². The fourth-order valence-electron chi connectivity index (χ4n) is 2.27. The first-order valence-corrected chi connectivity index (χ1v) is 8.25. The maximum Gasteiger partial charge on any atom is 0.321 e. The summed E-state index contributed by atoms with van der Waals surface area (Å²) >= 11 is 0. The highest BCUT2D eigenvalue weighted by atomic mass is 32.2. The zero-order chi connectivity index (χ0) is 14.5. The van der Waals surface area contributed by atoms with Crippen LogP contribution in [0, 0.1) is 0 Å². The number of likely N-dealkylation sites (N-methyl/N-ethyl adjacent to an activating group) is 1. The summed E-state index contributed by atoms with van der Waals surface area (Å²) in [5, 5.41) is 0. The number of rotatable bonds is 6. The predicted molar refractivity (Wildman–Crippen MR) is 72.8 cm³/mol. The first kappa shape index (κ1) is 16.4. The van der Waals surface area contributed by atoms with Gasteiger partial charge in [0.15, 0.2) is 0 Å². The van der Waals surface area contributed by atoms with Crippen molar-refractivity contribution in [3.05, 3.63) is 0 Å². The molecular formula is C12H24N2O4S. The maximum atomic E-state index is 12.5. The molecule has 0 N–H and O–H groups in total. The molecule has 1 aliphatic heterocycles. The minimum absolute atomic E-state index is 0.00463. The summed E-state index contributed by atoms with van der Waals surface area (Å²) < 4.78 is 32.5. The minimum Gasteiger partial charge on any atom is -0.465 e. The number of piperidine rings is 1. The highest BCUT2D eigenvalue weighted by Gasteiger charge is 2.34. The number of esters is 1. The third-order valence-corrected chi connectivity index (χ3v) is 5.50. The van der Waals surface area contributed by atoms with Crippen molar-refractivity contribution in [2.45, 2.75) is 46.1 Å². The lowest BCUT2D eigenvalue weighted by Gasteiger charge is -2.35. The van der Waals surface area contributed by atoms with E-state index in [1.54, 1.807) is 13.8 Å². The molecule has 1 rings (SSSR count). The van der Waals surface area contributed by atoms with Crippen molar-refractivity contribution in [3.63, 3.8) is 0 Å². The van der Waals surface area contributed by atoms with Gasteiger partial charge in [0, 0.05) is 19.1 Å². The van der Waals surface area contributed by atoms with Crippen LogP contribution in [0.4, 0.5) is 0 Å². The van der Waals surface area contributed by atoms with Crippen LogP contribution in [0.5, 0.6) is 0 Å². The molecule has 112 valence electrons. The Morgan fingerprint density at radius 3 is 2.58 bits per heavy atom. The monoisotopic (exact) mass is 292 g/mol. The van der Waals surface area contributed by atoms with Gasteiger partial charge in [-0.1, -0.05) is 13.3 Å². The molecule has 1 unspecified atom stereocenters. The molecule has 0 saturated carbocycles. The number of hydrogen-bond acceptors (Lipinski definition) is 4. The molecule has 0 bridgehead atoms. The average molecular weight is 292 g/mol. The number of carbonyl (C=O) groups excluding carboxylic acids is 1. The molecule has 0 spiro atoms. The highest BCUT2D eigenvalue weighted by Crippen LogP contribution is 2.22. The first-order valence-electron chi connectivity index (χ1n) is 6.86. The van der Waals surface area contributed by atoms with Crippen molar-refractivity contribution in [2.24, 2.45) is 0 Å². The quantitative estimate of drug-likeness (QED) is 0.685. The number of carbonyl (C=O) groups is 1. The molecule has 0 amide bonds. The summed E-state index contributed by atoms with van der Waals surface area (Å²) in [6.45, 7) is 6.19. The van der Waals surface area contributed by atoms with E-state index in [4.69, 9.17) is 4.74 Å². The van der Waals surface area contributed by atoms with Gasteiger partial charge >= 0.3 is 5.97 Å². The zero-order valence-corrected chi connectivity index (χ0v) is 12.8. The third kappa shape index (κ3) is 4.15. The fourth-order valence-corrected chi connectivity index (χ4v) is 4.08. The Bertz CT molecular complexity index is 397. The number of hydrogen-bond donors (Lipinski definition) is 0. The van der Waals surface area contributed by atoms with Crippen LogP contribution in [0.25, 0.3) is 0 Å². The predicted octanol–water partition coefficient (Wildman–Crippen LogP) is 0.991. The molecule has 6 nitrogen and oxygen atoms in total. The van der Waals surface area contributed by atoms with E-state index in [9.17, 15) is 13.2 Å². The van der Waals surface area contributed by atoms with E-state index in [1.165, 1.54) is 8.61 Å². The Morgan fingerprint density at radius 2 is 2.05 bits per heavy atom. The van der Waals surface area contributed by atoms with Gasteiger partial charge in [-0.25, -0.2) is 0 Å². The van der Waals surface area contributed by atoms with Crippen LogP contribution in [0.1, 0.15) is 40.0 Å². The second-order valence-corrected chi connectivity index (χ2v) is 6.58. The number of ether oxygens (including phenoxy) is 1. The molecule has 1 aliphatic rings. The Hall–Kier alpha value is -0.660. The van der Waals surface area contributed by atoms with Gasteiger partial charge in [0.05, 0.1) is 6.61 Å². The van der Waals surface area contributed by atoms with Crippen molar-refractivity contribution in [1.82, 2.24) is 8.61 Å². The smallest absolute Gasteiger partial charge is 0.321 e. The molecule has 1 heterocycles. The van der Waals surface area contributed by atoms with Crippen LogP contribution in [0.2, 0.25) is 0 Å². The van der Waals surface area contributed by atoms with E-state index < -0.39 is 16.2 Å². The topological polar surface area (TPSA) is 66.9 Å². The van der Waals surface area contributed by atoms with Crippen molar-refractivity contribution in [2.75, 3.05) is 26.2 Å². The Morgan fingerprint density at radius 1 is 1.37 bits per heavy atom. The Labute approximate surface area is 115 Å². The SMILES string of the molecule is CCOC(=O)CN(CC)S(=O)(=O)N1CCCCC1C. The lowest BCUT2D eigenvalue weighted by Crippen LogP contribution is -2.51. The zero-order valence-electron chi connectivity index (χ0n) is 12.0. The molecule has 0 aromatic heterocycles. The maximum absolute atomic E-state index is 12.5. The van der Waals surface area contributed by atoms with Gasteiger partial charge in [0.2, 0.25) is 0 Å². The van der Waals surface area contributed by atoms with E-state index in [-0.39, 0.29) is 25.7 Å². The van der Waals surface area contributed by atoms with Crippen LogP contribution < -0.4 is 0 Å². The Balaban J connectivity index is 2.79. The summed E-state index contributed by atoms with van der Waals surface area (Å²) in [5.41, 5.74) is 0. The molecule has 0 aromatic carbocycles. The van der Waals surface area contributed by atoms with Gasteiger partial charge in [-0.3, -0.25) is 4.79 Å². The molecular weight excluding hydrogens is 268 g/mol. The van der Waals surface area contributed by atoms with Gasteiger partial charge in [-0.05, 0) is 26.7 Å². The molecule has 0 aromatic rings. The standard InChI is InChI=1S/C12H24N2O4S/c1-4-13(10-12(15)18-5-2)19(16,17)14-9-7-6-8-11(14)3/h11H,4-10H2,1-3H3. The van der Waals surface area contributed by atoms with Crippen LogP contribution in [0.3, 0.4) is 0 Å². The molecule has 0 aliphatic carbocycles. The van der Waals surface area contributed by atoms with Gasteiger partial charge in [-0.2, -0.15) is 17.0 Å². The lowest BCUT2D eigenvalue weighted by molar-refractivity contribution is -0.143. The van der Waals surface area contributed by atoms with E-state index in [0.29, 0.717) is 6.54 Å². The first-order chi connectivity index (χ1) is 8.93. The van der Waals surface area contributed by atoms with Crippen LogP contribution >= 0.6 is 0 Å². The highest BCUT2D eigenvalue weighted by molar-refractivity contribution is 7.86. The largest absolute Gasteiger partial charge is 0.465 e. The van der Waals surface area contributed by atoms with Gasteiger partial charge in [-0.15, -0.1) is 0 Å². The van der Waals surface area contributed by atoms with Crippen molar-refractivity contribution < 1.29 is 17.9 Å². The normalized spacial score (nSPS) is 21.6. The van der Waals surface area contributed by atoms with Gasteiger partial charge in [0.25, 0.3) is 10.2 Å². The molecule has 1 saturated heterocycles. The third-order valence-electron chi connectivity index (χ3n) is 3.33. The lowest BCUT2D eigenvalue weighted by atomic mass is 10.1. The molecule has 1 fully saturated rings. The van der Waals surface area contributed by atoms with E-state index in [0.717, 1.165) is 19.3 Å². The van der Waals surface area contributed by atoms with Crippen molar-refractivity contribution in [3.8, 4) is 0 Å². The summed E-state index contributed by atoms with van der Waals surface area (Å²) in [5.74, 6) is -0.502. The summed E-state index contributed by atoms with van der Waals surface area (Å²) in [7, 11) is -3.57. The summed E-state index contributed by atoms with van der Waals surface area (Å²) in [6.07, 6.45) is 2.80.